The first-order valence-corrected chi connectivity index (χ1v) is 8.18. The number of sulfonamides is 1. The molecule has 2 rings (SSSR count). The van der Waals surface area contributed by atoms with Gasteiger partial charge < -0.3 is 5.11 Å². The van der Waals surface area contributed by atoms with Gasteiger partial charge in [0.05, 0.1) is 10.5 Å². The molecule has 0 saturated heterocycles. The maximum absolute atomic E-state index is 12.7. The Morgan fingerprint density at radius 2 is 2.05 bits per heavy atom. The fourth-order valence-corrected chi connectivity index (χ4v) is 4.36. The highest BCUT2D eigenvalue weighted by molar-refractivity contribution is 7.89. The maximum atomic E-state index is 12.7. The van der Waals surface area contributed by atoms with E-state index >= 15 is 0 Å². The van der Waals surface area contributed by atoms with E-state index in [1.165, 1.54) is 22.5 Å². The first-order chi connectivity index (χ1) is 9.39. The van der Waals surface area contributed by atoms with Crippen LogP contribution in [0.2, 0.25) is 0 Å². The minimum Gasteiger partial charge on any atom is -0.478 e. The van der Waals surface area contributed by atoms with Gasteiger partial charge in [-0.15, -0.1) is 0 Å². The lowest BCUT2D eigenvalue weighted by Crippen LogP contribution is -2.34. The van der Waals surface area contributed by atoms with Gasteiger partial charge in [0.1, 0.15) is 0 Å². The number of aromatic carboxylic acids is 1. The largest absolute Gasteiger partial charge is 0.478 e. The average Bonchev–Trinajstić information content (AvgIpc) is 3.19. The number of benzene rings is 1. The highest BCUT2D eigenvalue weighted by atomic mass is 32.2. The molecule has 0 radical (unpaired) electrons. The van der Waals surface area contributed by atoms with E-state index in [-0.39, 0.29) is 16.5 Å². The fraction of sp³-hybridized carbons (Fsp3) is 0.500. The van der Waals surface area contributed by atoms with E-state index in [1.54, 1.807) is 6.92 Å². The van der Waals surface area contributed by atoms with Crippen LogP contribution in [-0.2, 0) is 10.0 Å². The Labute approximate surface area is 119 Å². The molecule has 0 atom stereocenters. The van der Waals surface area contributed by atoms with Crippen LogP contribution in [0.25, 0.3) is 0 Å². The van der Waals surface area contributed by atoms with Gasteiger partial charge in [-0.25, -0.2) is 13.2 Å². The Morgan fingerprint density at radius 3 is 2.55 bits per heavy atom. The van der Waals surface area contributed by atoms with Crippen molar-refractivity contribution >= 4 is 16.0 Å². The second kappa shape index (κ2) is 5.54. The van der Waals surface area contributed by atoms with Crippen LogP contribution < -0.4 is 0 Å². The zero-order valence-corrected chi connectivity index (χ0v) is 12.5. The van der Waals surface area contributed by atoms with E-state index in [1.807, 2.05) is 6.92 Å². The van der Waals surface area contributed by atoms with Crippen LogP contribution in [0, 0.1) is 6.92 Å². The highest BCUT2D eigenvalue weighted by Gasteiger charge is 2.38. The number of hydrogen-bond donors (Lipinski definition) is 1. The number of rotatable bonds is 6. The highest BCUT2D eigenvalue weighted by Crippen LogP contribution is 2.33. The summed E-state index contributed by atoms with van der Waals surface area (Å²) in [6.07, 6.45) is 2.52. The SMILES string of the molecule is CCCN(C1CC1)S(=O)(=O)c1cccc(C(=O)O)c1C. The molecular formula is C14H19NO4S. The van der Waals surface area contributed by atoms with Crippen molar-refractivity contribution in [2.24, 2.45) is 0 Å². The molecule has 1 aromatic carbocycles. The van der Waals surface area contributed by atoms with Gasteiger partial charge in [-0.1, -0.05) is 13.0 Å². The summed E-state index contributed by atoms with van der Waals surface area (Å²) < 4.78 is 27.0. The van der Waals surface area contributed by atoms with Gasteiger partial charge in [-0.3, -0.25) is 0 Å². The molecule has 0 spiro atoms. The Kier molecular flexibility index (Phi) is 4.15. The summed E-state index contributed by atoms with van der Waals surface area (Å²) in [5, 5.41) is 9.11. The number of hydrogen-bond acceptors (Lipinski definition) is 3. The summed E-state index contributed by atoms with van der Waals surface area (Å²) in [5.41, 5.74) is 0.347. The van der Waals surface area contributed by atoms with Crippen LogP contribution in [0.15, 0.2) is 23.1 Å². The minimum absolute atomic E-state index is 0.0401. The Morgan fingerprint density at radius 1 is 1.40 bits per heavy atom. The molecule has 0 heterocycles. The first-order valence-electron chi connectivity index (χ1n) is 6.74. The summed E-state index contributed by atoms with van der Waals surface area (Å²) in [7, 11) is -3.62. The third-order valence-corrected chi connectivity index (χ3v) is 5.60. The second-order valence-corrected chi connectivity index (χ2v) is 6.94. The van der Waals surface area contributed by atoms with Crippen molar-refractivity contribution in [3.8, 4) is 0 Å². The van der Waals surface area contributed by atoms with E-state index in [9.17, 15) is 13.2 Å². The maximum Gasteiger partial charge on any atom is 0.335 e. The van der Waals surface area contributed by atoms with E-state index in [0.29, 0.717) is 12.1 Å². The predicted molar refractivity (Wildman–Crippen MR) is 75.3 cm³/mol. The van der Waals surface area contributed by atoms with Gasteiger partial charge in [-0.05, 0) is 43.9 Å². The van der Waals surface area contributed by atoms with Gasteiger partial charge in [0.25, 0.3) is 0 Å². The molecule has 1 aromatic rings. The molecule has 0 bridgehead atoms. The van der Waals surface area contributed by atoms with Crippen molar-refractivity contribution in [2.45, 2.75) is 44.0 Å². The van der Waals surface area contributed by atoms with Gasteiger partial charge in [0.15, 0.2) is 0 Å². The molecule has 20 heavy (non-hydrogen) atoms. The molecule has 1 saturated carbocycles. The molecule has 1 fully saturated rings. The molecule has 6 heteroatoms. The molecule has 110 valence electrons. The number of carboxylic acids is 1. The molecular weight excluding hydrogens is 278 g/mol. The first kappa shape index (κ1) is 15.0. The Balaban J connectivity index is 2.48. The van der Waals surface area contributed by atoms with Gasteiger partial charge in [0, 0.05) is 12.6 Å². The fourth-order valence-electron chi connectivity index (χ4n) is 2.33. The number of nitrogens with zero attached hydrogens (tertiary/aromatic N) is 1. The summed E-state index contributed by atoms with van der Waals surface area (Å²) in [5.74, 6) is -1.10. The zero-order valence-electron chi connectivity index (χ0n) is 11.7. The molecule has 5 nitrogen and oxygen atoms in total. The third-order valence-electron chi connectivity index (χ3n) is 3.50. The van der Waals surface area contributed by atoms with E-state index < -0.39 is 16.0 Å². The normalized spacial score (nSPS) is 15.6. The van der Waals surface area contributed by atoms with Crippen LogP contribution in [0.3, 0.4) is 0 Å². The summed E-state index contributed by atoms with van der Waals surface area (Å²) in [6, 6.07) is 4.48. The van der Waals surface area contributed by atoms with Crippen LogP contribution in [-0.4, -0.2) is 36.4 Å². The van der Waals surface area contributed by atoms with E-state index in [4.69, 9.17) is 5.11 Å². The molecule has 0 aromatic heterocycles. The Bertz CT molecular complexity index is 620. The second-order valence-electron chi connectivity index (χ2n) is 5.08. The van der Waals surface area contributed by atoms with Crippen molar-refractivity contribution in [2.75, 3.05) is 6.54 Å². The van der Waals surface area contributed by atoms with Crippen LogP contribution in [0.1, 0.15) is 42.1 Å². The van der Waals surface area contributed by atoms with E-state index in [2.05, 4.69) is 0 Å². The van der Waals surface area contributed by atoms with Gasteiger partial charge >= 0.3 is 5.97 Å². The number of carboxylic acid groups (broad SMARTS) is 1. The summed E-state index contributed by atoms with van der Waals surface area (Å²) in [6.45, 7) is 3.96. The zero-order chi connectivity index (χ0) is 14.9. The standard InChI is InChI=1S/C14H19NO4S/c1-3-9-15(11-7-8-11)20(18,19)13-6-4-5-12(10(13)2)14(16)17/h4-6,11H,3,7-9H2,1-2H3,(H,16,17). The Hall–Kier alpha value is -1.40. The van der Waals surface area contributed by atoms with Crippen molar-refractivity contribution in [3.05, 3.63) is 29.3 Å². The van der Waals surface area contributed by atoms with Gasteiger partial charge in [-0.2, -0.15) is 4.31 Å². The quantitative estimate of drug-likeness (QED) is 0.874. The van der Waals surface area contributed by atoms with Crippen molar-refractivity contribution < 1.29 is 18.3 Å². The van der Waals surface area contributed by atoms with Crippen LogP contribution >= 0.6 is 0 Å². The van der Waals surface area contributed by atoms with Gasteiger partial charge in [0.2, 0.25) is 10.0 Å². The predicted octanol–water partition coefficient (Wildman–Crippen LogP) is 2.26. The monoisotopic (exact) mass is 297 g/mol. The minimum atomic E-state index is -3.62. The molecule has 0 amide bonds. The molecule has 1 aliphatic rings. The lowest BCUT2D eigenvalue weighted by atomic mass is 10.1. The summed E-state index contributed by atoms with van der Waals surface area (Å²) >= 11 is 0. The molecule has 1 N–H and O–H groups in total. The lowest BCUT2D eigenvalue weighted by Gasteiger charge is -2.22. The molecule has 0 aliphatic heterocycles. The number of carbonyl (C=O) groups is 1. The third kappa shape index (κ3) is 2.71. The average molecular weight is 297 g/mol. The topological polar surface area (TPSA) is 74.7 Å². The van der Waals surface area contributed by atoms with Crippen molar-refractivity contribution in [3.63, 3.8) is 0 Å². The molecule has 1 aliphatic carbocycles. The van der Waals surface area contributed by atoms with Crippen LogP contribution in [0.4, 0.5) is 0 Å². The summed E-state index contributed by atoms with van der Waals surface area (Å²) in [4.78, 5) is 11.2. The van der Waals surface area contributed by atoms with Crippen molar-refractivity contribution in [1.82, 2.24) is 4.31 Å². The molecule has 0 unspecified atom stereocenters. The van der Waals surface area contributed by atoms with E-state index in [0.717, 1.165) is 19.3 Å². The van der Waals surface area contributed by atoms with Crippen molar-refractivity contribution in [1.29, 1.82) is 0 Å². The lowest BCUT2D eigenvalue weighted by molar-refractivity contribution is 0.0696. The van der Waals surface area contributed by atoms with Crippen LogP contribution in [0.5, 0.6) is 0 Å². The smallest absolute Gasteiger partial charge is 0.335 e.